The van der Waals surface area contributed by atoms with Crippen molar-refractivity contribution in [2.24, 2.45) is 29.6 Å². The van der Waals surface area contributed by atoms with Gasteiger partial charge >= 0.3 is 0 Å². The third-order valence-corrected chi connectivity index (χ3v) is 4.35. The van der Waals surface area contributed by atoms with Crippen molar-refractivity contribution in [3.05, 3.63) is 0 Å². The number of ketones is 3. The molecule has 0 aromatic carbocycles. The molecule has 3 nitrogen and oxygen atoms in total. The van der Waals surface area contributed by atoms with Crippen molar-refractivity contribution in [1.29, 1.82) is 0 Å². The zero-order valence-electron chi connectivity index (χ0n) is 8.03. The molecule has 14 heavy (non-hydrogen) atoms. The Labute approximate surface area is 81.9 Å². The normalized spacial score (nSPS) is 50.4. The molecule has 4 unspecified atom stereocenters. The highest BCUT2D eigenvalue weighted by Crippen LogP contribution is 2.51. The summed E-state index contributed by atoms with van der Waals surface area (Å²) in [6.07, 6.45) is 1.01. The molecule has 4 aliphatic rings. The molecule has 0 aliphatic heterocycles. The van der Waals surface area contributed by atoms with Crippen LogP contribution >= 0.6 is 0 Å². The Hall–Kier alpha value is -0.990. The first-order valence-corrected chi connectivity index (χ1v) is 5.22. The SMILES string of the molecule is CC1C2CC3C(=O)C(CC1C3=O)C2=O. The Morgan fingerprint density at radius 1 is 0.857 bits per heavy atom. The molecule has 4 aliphatic carbocycles. The van der Waals surface area contributed by atoms with E-state index in [1.807, 2.05) is 6.92 Å². The molecule has 0 N–H and O–H groups in total. The highest BCUT2D eigenvalue weighted by molar-refractivity contribution is 6.18. The molecule has 0 heterocycles. The van der Waals surface area contributed by atoms with Gasteiger partial charge in [0, 0.05) is 11.8 Å². The number of carbonyl (C=O) groups excluding carboxylic acids is 3. The lowest BCUT2D eigenvalue weighted by molar-refractivity contribution is -0.163. The Kier molecular flexibility index (Phi) is 1.38. The number of carbonyl (C=O) groups is 3. The molecule has 4 atom stereocenters. The van der Waals surface area contributed by atoms with Crippen molar-refractivity contribution in [1.82, 2.24) is 0 Å². The van der Waals surface area contributed by atoms with Gasteiger partial charge in [0.2, 0.25) is 0 Å². The molecule has 4 saturated carbocycles. The van der Waals surface area contributed by atoms with E-state index < -0.39 is 11.8 Å². The molecule has 0 aromatic rings. The van der Waals surface area contributed by atoms with Crippen LogP contribution in [0.4, 0.5) is 0 Å². The highest BCUT2D eigenvalue weighted by Gasteiger charge is 2.60. The summed E-state index contributed by atoms with van der Waals surface area (Å²) in [7, 11) is 0. The maximum Gasteiger partial charge on any atom is 0.153 e. The molecule has 0 saturated heterocycles. The van der Waals surface area contributed by atoms with Gasteiger partial charge in [-0.3, -0.25) is 14.4 Å². The van der Waals surface area contributed by atoms with E-state index in [-0.39, 0.29) is 35.1 Å². The molecule has 74 valence electrons. The maximum atomic E-state index is 11.8. The first-order chi connectivity index (χ1) is 6.61. The predicted molar refractivity (Wildman–Crippen MR) is 47.4 cm³/mol. The molecule has 0 radical (unpaired) electrons. The van der Waals surface area contributed by atoms with Gasteiger partial charge in [-0.25, -0.2) is 0 Å². The van der Waals surface area contributed by atoms with Gasteiger partial charge in [-0.1, -0.05) is 6.92 Å². The first-order valence-electron chi connectivity index (χ1n) is 5.22. The van der Waals surface area contributed by atoms with Crippen LogP contribution in [0.5, 0.6) is 0 Å². The van der Waals surface area contributed by atoms with E-state index in [1.165, 1.54) is 0 Å². The van der Waals surface area contributed by atoms with Gasteiger partial charge in [-0.05, 0) is 18.8 Å². The standard InChI is InChI=1S/C11H12O3/c1-4-5-2-7-10(13)6(4)3-8(9(5)12)11(7)14/h4-8H,2-3H2,1H3. The van der Waals surface area contributed by atoms with E-state index in [1.54, 1.807) is 0 Å². The van der Waals surface area contributed by atoms with Gasteiger partial charge in [0.15, 0.2) is 5.78 Å². The number of Topliss-reactive ketones (excluding diaryl/α,β-unsaturated/α-hetero) is 3. The fourth-order valence-corrected chi connectivity index (χ4v) is 3.47. The van der Waals surface area contributed by atoms with Gasteiger partial charge in [0.05, 0.1) is 11.8 Å². The third-order valence-electron chi connectivity index (χ3n) is 4.35. The zero-order valence-corrected chi connectivity index (χ0v) is 8.03. The Balaban J connectivity index is 2.10. The van der Waals surface area contributed by atoms with Crippen LogP contribution < -0.4 is 0 Å². The summed E-state index contributed by atoms with van der Waals surface area (Å²) in [5.74, 6) is -0.520. The van der Waals surface area contributed by atoms with Crippen LogP contribution in [0.3, 0.4) is 0 Å². The van der Waals surface area contributed by atoms with Gasteiger partial charge in [0.25, 0.3) is 0 Å². The van der Waals surface area contributed by atoms with E-state index in [4.69, 9.17) is 0 Å². The van der Waals surface area contributed by atoms with Gasteiger partial charge in [-0.2, -0.15) is 0 Å². The van der Waals surface area contributed by atoms with Gasteiger partial charge < -0.3 is 0 Å². The molecule has 0 amide bonds. The van der Waals surface area contributed by atoms with E-state index in [9.17, 15) is 14.4 Å². The van der Waals surface area contributed by atoms with E-state index >= 15 is 0 Å². The second-order valence-electron chi connectivity index (χ2n) is 4.86. The summed E-state index contributed by atoms with van der Waals surface area (Å²) < 4.78 is 0. The first kappa shape index (κ1) is 8.33. The summed E-state index contributed by atoms with van der Waals surface area (Å²) in [4.78, 5) is 35.2. The largest absolute Gasteiger partial charge is 0.299 e. The second kappa shape index (κ2) is 2.33. The summed E-state index contributed by atoms with van der Waals surface area (Å²) in [6.45, 7) is 1.98. The van der Waals surface area contributed by atoms with Crippen LogP contribution in [0.25, 0.3) is 0 Å². The predicted octanol–water partition coefficient (Wildman–Crippen LogP) is 0.616. The monoisotopic (exact) mass is 192 g/mol. The number of rotatable bonds is 0. The summed E-state index contributed by atoms with van der Waals surface area (Å²) >= 11 is 0. The summed E-state index contributed by atoms with van der Waals surface area (Å²) in [6, 6.07) is 0. The lowest BCUT2D eigenvalue weighted by Gasteiger charge is -2.49. The van der Waals surface area contributed by atoms with Crippen LogP contribution in [0.2, 0.25) is 0 Å². The fourth-order valence-electron chi connectivity index (χ4n) is 3.47. The minimum absolute atomic E-state index is 0.000787. The molecule has 0 spiro atoms. The molecular formula is C11H12O3. The van der Waals surface area contributed by atoms with Gasteiger partial charge in [-0.15, -0.1) is 0 Å². The Morgan fingerprint density at radius 2 is 1.29 bits per heavy atom. The van der Waals surface area contributed by atoms with Crippen LogP contribution in [-0.4, -0.2) is 17.3 Å². The van der Waals surface area contributed by atoms with E-state index in [0.717, 1.165) is 0 Å². The van der Waals surface area contributed by atoms with Crippen molar-refractivity contribution in [2.45, 2.75) is 19.8 Å². The smallest absolute Gasteiger partial charge is 0.153 e. The molecular weight excluding hydrogens is 180 g/mol. The van der Waals surface area contributed by atoms with Crippen LogP contribution in [0, 0.1) is 29.6 Å². The van der Waals surface area contributed by atoms with Crippen LogP contribution in [0.15, 0.2) is 0 Å². The van der Waals surface area contributed by atoms with Crippen molar-refractivity contribution in [3.8, 4) is 0 Å². The molecule has 0 aromatic heterocycles. The average molecular weight is 192 g/mol. The van der Waals surface area contributed by atoms with Crippen LogP contribution in [0.1, 0.15) is 19.8 Å². The Morgan fingerprint density at radius 3 is 1.71 bits per heavy atom. The third kappa shape index (κ3) is 0.725. The quantitative estimate of drug-likeness (QED) is 0.528. The van der Waals surface area contributed by atoms with Crippen molar-refractivity contribution in [3.63, 3.8) is 0 Å². The highest BCUT2D eigenvalue weighted by atomic mass is 16.2. The molecule has 4 rings (SSSR count). The number of hydrogen-bond acceptors (Lipinski definition) is 3. The Bertz CT molecular complexity index is 326. The van der Waals surface area contributed by atoms with E-state index in [0.29, 0.717) is 12.8 Å². The maximum absolute atomic E-state index is 11.8. The van der Waals surface area contributed by atoms with Crippen molar-refractivity contribution < 1.29 is 14.4 Å². The second-order valence-corrected chi connectivity index (χ2v) is 4.86. The lowest BCUT2D eigenvalue weighted by atomic mass is 9.50. The van der Waals surface area contributed by atoms with E-state index in [2.05, 4.69) is 0 Å². The van der Waals surface area contributed by atoms with Crippen molar-refractivity contribution >= 4 is 17.3 Å². The molecule has 4 bridgehead atoms. The van der Waals surface area contributed by atoms with Crippen molar-refractivity contribution in [2.75, 3.05) is 0 Å². The topological polar surface area (TPSA) is 51.2 Å². The fraction of sp³-hybridized carbons (Fsp3) is 0.727. The van der Waals surface area contributed by atoms with Crippen LogP contribution in [-0.2, 0) is 14.4 Å². The molecule has 3 heteroatoms. The minimum Gasteiger partial charge on any atom is -0.299 e. The summed E-state index contributed by atoms with van der Waals surface area (Å²) in [5.41, 5.74) is 0. The summed E-state index contributed by atoms with van der Waals surface area (Å²) in [5, 5.41) is 0. The average Bonchev–Trinajstić information content (AvgIpc) is 2.13. The zero-order chi connectivity index (χ0) is 10.0. The number of hydrogen-bond donors (Lipinski definition) is 0. The molecule has 4 fully saturated rings. The lowest BCUT2D eigenvalue weighted by Crippen LogP contribution is -2.60. The van der Waals surface area contributed by atoms with Gasteiger partial charge in [0.1, 0.15) is 11.6 Å². The minimum atomic E-state index is -0.419.